The molecule has 1 fully saturated rings. The first-order valence-corrected chi connectivity index (χ1v) is 8.28. The Hall–Kier alpha value is -2.06. The smallest absolute Gasteiger partial charge is 0.270 e. The van der Waals surface area contributed by atoms with E-state index in [9.17, 15) is 19.8 Å². The minimum Gasteiger partial charge on any atom is -0.392 e. The Labute approximate surface area is 138 Å². The fraction of sp³-hybridized carbons (Fsp3) is 0.625. The lowest BCUT2D eigenvalue weighted by Gasteiger charge is -2.45. The quantitative estimate of drug-likeness (QED) is 0.625. The van der Waals surface area contributed by atoms with E-state index in [0.717, 1.165) is 0 Å². The number of aliphatic hydroxyl groups excluding tert-OH is 2. The number of nitrogens with zero attached hydrogens (tertiary/aromatic N) is 2. The average molecular weight is 336 g/mol. The van der Waals surface area contributed by atoms with Crippen molar-refractivity contribution < 1.29 is 10.2 Å². The summed E-state index contributed by atoms with van der Waals surface area (Å²) in [6, 6.07) is 0. The largest absolute Gasteiger partial charge is 0.392 e. The summed E-state index contributed by atoms with van der Waals surface area (Å²) in [7, 11) is 0. The second kappa shape index (κ2) is 5.78. The molecule has 2 aromatic heterocycles. The molecule has 8 nitrogen and oxygen atoms in total. The topological polar surface area (TPSA) is 116 Å². The summed E-state index contributed by atoms with van der Waals surface area (Å²) in [5.74, 6) is -1.37. The highest BCUT2D eigenvalue weighted by molar-refractivity contribution is 5.37. The number of aromatic nitrogens is 4. The van der Waals surface area contributed by atoms with Gasteiger partial charge < -0.3 is 10.2 Å². The van der Waals surface area contributed by atoms with Crippen molar-refractivity contribution in [3.05, 3.63) is 43.2 Å². The summed E-state index contributed by atoms with van der Waals surface area (Å²) in [5, 5.41) is 27.2. The molecule has 132 valence electrons. The molecular formula is C16H24N4O4. The van der Waals surface area contributed by atoms with Crippen molar-refractivity contribution in [1.82, 2.24) is 19.6 Å². The van der Waals surface area contributed by atoms with Crippen molar-refractivity contribution in [1.29, 1.82) is 0 Å². The standard InChI is InChI=1S/C16H24N4O4/c1-5-19-15(23)9(7(3)17-19)11-13(21)12(14(11)22)10-8(4)18-20(6-2)16(10)24/h11-14,17-18,21-22H,5-6H2,1-4H3. The van der Waals surface area contributed by atoms with Gasteiger partial charge in [0.25, 0.3) is 11.1 Å². The molecule has 0 aliphatic heterocycles. The molecule has 8 heteroatoms. The number of hydrogen-bond acceptors (Lipinski definition) is 4. The van der Waals surface area contributed by atoms with Gasteiger partial charge in [0, 0.05) is 47.4 Å². The molecule has 1 saturated carbocycles. The predicted octanol–water partition coefficient (Wildman–Crippen LogP) is -0.0744. The summed E-state index contributed by atoms with van der Waals surface area (Å²) < 4.78 is 2.89. The molecule has 1 aliphatic rings. The zero-order valence-electron chi connectivity index (χ0n) is 14.3. The molecule has 24 heavy (non-hydrogen) atoms. The normalized spacial score (nSPS) is 26.6. The zero-order valence-corrected chi connectivity index (χ0v) is 14.3. The molecule has 0 bridgehead atoms. The lowest BCUT2D eigenvalue weighted by atomic mass is 9.63. The molecule has 0 aromatic carbocycles. The van der Waals surface area contributed by atoms with E-state index in [0.29, 0.717) is 35.6 Å². The fourth-order valence-electron chi connectivity index (χ4n) is 3.86. The van der Waals surface area contributed by atoms with Crippen molar-refractivity contribution in [2.24, 2.45) is 0 Å². The van der Waals surface area contributed by atoms with Gasteiger partial charge in [-0.25, -0.2) is 0 Å². The summed E-state index contributed by atoms with van der Waals surface area (Å²) in [6.45, 7) is 8.16. The van der Waals surface area contributed by atoms with Gasteiger partial charge in [-0.05, 0) is 27.7 Å². The molecule has 3 rings (SSSR count). The van der Waals surface area contributed by atoms with Crippen LogP contribution < -0.4 is 11.1 Å². The number of aliphatic hydroxyl groups is 2. The fourth-order valence-corrected chi connectivity index (χ4v) is 3.86. The zero-order chi connectivity index (χ0) is 17.8. The highest BCUT2D eigenvalue weighted by atomic mass is 16.3. The lowest BCUT2D eigenvalue weighted by molar-refractivity contribution is -0.0796. The SMILES string of the molecule is CCn1[nH]c(C)c(C2C(O)C(c3c(C)[nH]n(CC)c3=O)C2O)c1=O. The highest BCUT2D eigenvalue weighted by Crippen LogP contribution is 2.47. The van der Waals surface area contributed by atoms with E-state index in [1.807, 2.05) is 13.8 Å². The van der Waals surface area contributed by atoms with Gasteiger partial charge in [0.05, 0.1) is 12.2 Å². The van der Waals surface area contributed by atoms with Crippen LogP contribution in [0.5, 0.6) is 0 Å². The van der Waals surface area contributed by atoms with Gasteiger partial charge in [-0.2, -0.15) is 0 Å². The molecule has 0 spiro atoms. The Morgan fingerprint density at radius 1 is 0.833 bits per heavy atom. The minimum absolute atomic E-state index is 0.228. The first-order chi connectivity index (χ1) is 11.3. The molecule has 2 heterocycles. The summed E-state index contributed by atoms with van der Waals surface area (Å²) in [5.41, 5.74) is 1.62. The number of nitrogens with one attached hydrogen (secondary N) is 2. The van der Waals surface area contributed by atoms with Gasteiger partial charge in [0.2, 0.25) is 0 Å². The van der Waals surface area contributed by atoms with E-state index in [4.69, 9.17) is 0 Å². The average Bonchev–Trinajstić information content (AvgIpc) is 2.99. The lowest BCUT2D eigenvalue weighted by Crippen LogP contribution is -2.54. The van der Waals surface area contributed by atoms with Gasteiger partial charge in [-0.15, -0.1) is 0 Å². The maximum Gasteiger partial charge on any atom is 0.270 e. The van der Waals surface area contributed by atoms with Crippen LogP contribution in [0.4, 0.5) is 0 Å². The van der Waals surface area contributed by atoms with Crippen molar-refractivity contribution in [3.8, 4) is 0 Å². The third kappa shape index (κ3) is 2.13. The number of rotatable bonds is 4. The Kier molecular flexibility index (Phi) is 4.05. The third-order valence-electron chi connectivity index (χ3n) is 5.14. The molecule has 1 aliphatic carbocycles. The van der Waals surface area contributed by atoms with Crippen molar-refractivity contribution >= 4 is 0 Å². The molecule has 0 atom stereocenters. The van der Waals surface area contributed by atoms with Crippen LogP contribution >= 0.6 is 0 Å². The Bertz CT molecular complexity index is 792. The monoisotopic (exact) mass is 336 g/mol. The first-order valence-electron chi connectivity index (χ1n) is 8.28. The molecular weight excluding hydrogens is 312 g/mol. The second-order valence-corrected chi connectivity index (χ2v) is 6.43. The van der Waals surface area contributed by atoms with Crippen LogP contribution in [-0.2, 0) is 13.1 Å². The predicted molar refractivity (Wildman–Crippen MR) is 88.4 cm³/mol. The maximum atomic E-state index is 12.4. The van der Waals surface area contributed by atoms with Crippen molar-refractivity contribution in [2.45, 2.75) is 64.8 Å². The summed E-state index contributed by atoms with van der Waals surface area (Å²) in [4.78, 5) is 24.8. The number of aryl methyl sites for hydroxylation is 4. The van der Waals surface area contributed by atoms with Crippen LogP contribution in [0.25, 0.3) is 0 Å². The van der Waals surface area contributed by atoms with Crippen LogP contribution in [0, 0.1) is 13.8 Å². The molecule has 2 aromatic rings. The number of H-pyrrole nitrogens is 2. The van der Waals surface area contributed by atoms with Gasteiger partial charge in [0.1, 0.15) is 0 Å². The Morgan fingerprint density at radius 2 is 1.17 bits per heavy atom. The Morgan fingerprint density at radius 3 is 1.42 bits per heavy atom. The van der Waals surface area contributed by atoms with Crippen molar-refractivity contribution in [2.75, 3.05) is 0 Å². The summed E-state index contributed by atoms with van der Waals surface area (Å²) in [6.07, 6.45) is -1.94. The van der Waals surface area contributed by atoms with E-state index in [-0.39, 0.29) is 11.1 Å². The van der Waals surface area contributed by atoms with Crippen LogP contribution in [0.15, 0.2) is 9.59 Å². The molecule has 0 radical (unpaired) electrons. The van der Waals surface area contributed by atoms with Crippen LogP contribution in [0.2, 0.25) is 0 Å². The van der Waals surface area contributed by atoms with E-state index in [1.54, 1.807) is 13.8 Å². The Balaban J connectivity index is 1.99. The van der Waals surface area contributed by atoms with E-state index >= 15 is 0 Å². The van der Waals surface area contributed by atoms with E-state index in [1.165, 1.54) is 9.36 Å². The van der Waals surface area contributed by atoms with Gasteiger partial charge in [-0.3, -0.25) is 29.2 Å². The van der Waals surface area contributed by atoms with Crippen LogP contribution in [-0.4, -0.2) is 42.0 Å². The molecule has 0 unspecified atom stereocenters. The first kappa shape index (κ1) is 16.8. The van der Waals surface area contributed by atoms with Crippen molar-refractivity contribution in [3.63, 3.8) is 0 Å². The van der Waals surface area contributed by atoms with Gasteiger partial charge in [-0.1, -0.05) is 0 Å². The molecule has 4 N–H and O–H groups in total. The second-order valence-electron chi connectivity index (χ2n) is 6.43. The number of hydrogen-bond donors (Lipinski definition) is 4. The molecule has 0 saturated heterocycles. The number of aromatic amines is 2. The van der Waals surface area contributed by atoms with Crippen LogP contribution in [0.1, 0.15) is 48.2 Å². The minimum atomic E-state index is -0.972. The third-order valence-corrected chi connectivity index (χ3v) is 5.14. The maximum absolute atomic E-state index is 12.4. The van der Waals surface area contributed by atoms with Gasteiger partial charge in [0.15, 0.2) is 0 Å². The van der Waals surface area contributed by atoms with E-state index < -0.39 is 24.0 Å². The van der Waals surface area contributed by atoms with Crippen LogP contribution in [0.3, 0.4) is 0 Å². The van der Waals surface area contributed by atoms with E-state index in [2.05, 4.69) is 10.2 Å². The summed E-state index contributed by atoms with van der Waals surface area (Å²) >= 11 is 0. The highest BCUT2D eigenvalue weighted by Gasteiger charge is 2.54. The molecule has 0 amide bonds. The van der Waals surface area contributed by atoms with Gasteiger partial charge >= 0.3 is 0 Å².